The molecule has 48 valence electrons. The van der Waals surface area contributed by atoms with E-state index in [0.29, 0.717) is 5.92 Å². The Hall–Kier alpha value is -0.0400. The van der Waals surface area contributed by atoms with Crippen LogP contribution in [0.25, 0.3) is 0 Å². The molecule has 1 N–H and O–H groups in total. The summed E-state index contributed by atoms with van der Waals surface area (Å²) in [4.78, 5) is 0. The van der Waals surface area contributed by atoms with Crippen molar-refractivity contribution in [3.05, 3.63) is 0 Å². The van der Waals surface area contributed by atoms with E-state index in [-0.39, 0.29) is 6.10 Å². The summed E-state index contributed by atoms with van der Waals surface area (Å²) in [6, 6.07) is 0. The molecule has 1 rings (SSSR count). The van der Waals surface area contributed by atoms with Crippen LogP contribution >= 0.6 is 0 Å². The van der Waals surface area contributed by atoms with Crippen LogP contribution in [0.2, 0.25) is 0 Å². The highest BCUT2D eigenvalue weighted by molar-refractivity contribution is 4.87. The largest absolute Gasteiger partial charge is 0.393 e. The fourth-order valence-corrected chi connectivity index (χ4v) is 1.19. The van der Waals surface area contributed by atoms with E-state index in [1.807, 2.05) is 6.92 Å². The second-order valence-electron chi connectivity index (χ2n) is 2.85. The molecule has 0 amide bonds. The third kappa shape index (κ3) is 1.03. The zero-order chi connectivity index (χ0) is 6.15. The molecule has 0 aromatic carbocycles. The van der Waals surface area contributed by atoms with Crippen LogP contribution in [-0.2, 0) is 0 Å². The van der Waals surface area contributed by atoms with Crippen LogP contribution in [0.15, 0.2) is 0 Å². The van der Waals surface area contributed by atoms with Gasteiger partial charge in [0.2, 0.25) is 0 Å². The summed E-state index contributed by atoms with van der Waals surface area (Å²) in [5, 5.41) is 9.17. The molecular weight excluding hydrogens is 100 g/mol. The monoisotopic (exact) mass is 114 g/mol. The van der Waals surface area contributed by atoms with Crippen molar-refractivity contribution in [2.24, 2.45) is 11.8 Å². The predicted molar refractivity (Wildman–Crippen MR) is 33.6 cm³/mol. The molecule has 0 aliphatic heterocycles. The van der Waals surface area contributed by atoms with Gasteiger partial charge < -0.3 is 5.11 Å². The van der Waals surface area contributed by atoms with Crippen LogP contribution in [0.4, 0.5) is 0 Å². The molecule has 0 saturated heterocycles. The normalized spacial score (nSPS) is 39.4. The molecule has 0 spiro atoms. The van der Waals surface area contributed by atoms with Gasteiger partial charge in [0.25, 0.3) is 0 Å². The third-order valence-electron chi connectivity index (χ3n) is 2.08. The number of rotatable bonds is 2. The van der Waals surface area contributed by atoms with Gasteiger partial charge in [0.15, 0.2) is 0 Å². The predicted octanol–water partition coefficient (Wildman–Crippen LogP) is 1.41. The Kier molecular flexibility index (Phi) is 1.57. The second-order valence-corrected chi connectivity index (χ2v) is 2.85. The summed E-state index contributed by atoms with van der Waals surface area (Å²) >= 11 is 0. The van der Waals surface area contributed by atoms with Crippen molar-refractivity contribution in [1.29, 1.82) is 0 Å². The summed E-state index contributed by atoms with van der Waals surface area (Å²) in [7, 11) is 0. The molecule has 1 nitrogen and oxygen atoms in total. The van der Waals surface area contributed by atoms with Gasteiger partial charge in [-0.25, -0.2) is 0 Å². The molecule has 0 aromatic rings. The maximum absolute atomic E-state index is 9.17. The van der Waals surface area contributed by atoms with Gasteiger partial charge in [-0.05, 0) is 24.7 Å². The minimum Gasteiger partial charge on any atom is -0.393 e. The van der Waals surface area contributed by atoms with Gasteiger partial charge in [0, 0.05) is 0 Å². The van der Waals surface area contributed by atoms with E-state index in [2.05, 4.69) is 6.92 Å². The Morgan fingerprint density at radius 1 is 1.75 bits per heavy atom. The fourth-order valence-electron chi connectivity index (χ4n) is 1.19. The molecule has 0 aromatic heterocycles. The van der Waals surface area contributed by atoms with Crippen LogP contribution in [-0.4, -0.2) is 11.2 Å². The molecule has 1 fully saturated rings. The number of aliphatic hydroxyl groups is 1. The lowest BCUT2D eigenvalue weighted by Gasteiger charge is -2.02. The van der Waals surface area contributed by atoms with Gasteiger partial charge in [-0.1, -0.05) is 13.8 Å². The van der Waals surface area contributed by atoms with E-state index in [1.54, 1.807) is 0 Å². The Bertz CT molecular complexity index is 78.5. The number of hydrogen-bond acceptors (Lipinski definition) is 1. The summed E-state index contributed by atoms with van der Waals surface area (Å²) in [5.41, 5.74) is 0. The van der Waals surface area contributed by atoms with E-state index >= 15 is 0 Å². The van der Waals surface area contributed by atoms with Crippen LogP contribution < -0.4 is 0 Å². The first kappa shape index (κ1) is 6.09. The van der Waals surface area contributed by atoms with Gasteiger partial charge in [-0.15, -0.1) is 0 Å². The zero-order valence-corrected chi connectivity index (χ0v) is 5.59. The Balaban J connectivity index is 2.18. The van der Waals surface area contributed by atoms with Crippen LogP contribution in [0.3, 0.4) is 0 Å². The van der Waals surface area contributed by atoms with Crippen LogP contribution in [0, 0.1) is 11.8 Å². The highest BCUT2D eigenvalue weighted by Gasteiger charge is 2.37. The molecule has 0 radical (unpaired) electrons. The Morgan fingerprint density at radius 2 is 2.25 bits per heavy atom. The number of aliphatic hydroxyl groups excluding tert-OH is 1. The Labute approximate surface area is 50.7 Å². The molecule has 3 atom stereocenters. The van der Waals surface area contributed by atoms with Gasteiger partial charge in [-0.2, -0.15) is 0 Å². The lowest BCUT2D eigenvalue weighted by molar-refractivity contribution is 0.142. The quantitative estimate of drug-likeness (QED) is 0.575. The minimum absolute atomic E-state index is 0.00926. The van der Waals surface area contributed by atoms with Crippen molar-refractivity contribution in [2.45, 2.75) is 32.8 Å². The summed E-state index contributed by atoms with van der Waals surface area (Å²) in [6.45, 7) is 4.24. The Morgan fingerprint density at radius 3 is 2.38 bits per heavy atom. The molecule has 1 saturated carbocycles. The smallest absolute Gasteiger partial charge is 0.0568 e. The first-order valence-electron chi connectivity index (χ1n) is 3.43. The van der Waals surface area contributed by atoms with E-state index < -0.39 is 0 Å². The molecular formula is C7H14O. The molecule has 0 unspecified atom stereocenters. The molecule has 8 heavy (non-hydrogen) atoms. The maximum atomic E-state index is 9.17. The fraction of sp³-hybridized carbons (Fsp3) is 1.00. The molecule has 1 heteroatoms. The molecule has 1 aliphatic carbocycles. The van der Waals surface area contributed by atoms with Crippen molar-refractivity contribution in [1.82, 2.24) is 0 Å². The van der Waals surface area contributed by atoms with Crippen molar-refractivity contribution >= 4 is 0 Å². The lowest BCUT2D eigenvalue weighted by atomic mass is 10.1. The van der Waals surface area contributed by atoms with Crippen molar-refractivity contribution < 1.29 is 5.11 Å². The second kappa shape index (κ2) is 2.06. The van der Waals surface area contributed by atoms with Crippen LogP contribution in [0.5, 0.6) is 0 Å². The highest BCUT2D eigenvalue weighted by atomic mass is 16.3. The molecule has 1 aliphatic rings. The first-order chi connectivity index (χ1) is 3.75. The van der Waals surface area contributed by atoms with E-state index in [0.717, 1.165) is 12.3 Å². The van der Waals surface area contributed by atoms with Gasteiger partial charge in [0.1, 0.15) is 0 Å². The summed E-state index contributed by atoms with van der Waals surface area (Å²) < 4.78 is 0. The summed E-state index contributed by atoms with van der Waals surface area (Å²) in [6.07, 6.45) is 2.16. The number of hydrogen-bond donors (Lipinski definition) is 1. The van der Waals surface area contributed by atoms with Crippen molar-refractivity contribution in [2.75, 3.05) is 0 Å². The van der Waals surface area contributed by atoms with Gasteiger partial charge >= 0.3 is 0 Å². The third-order valence-corrected chi connectivity index (χ3v) is 2.08. The van der Waals surface area contributed by atoms with Gasteiger partial charge in [-0.3, -0.25) is 0 Å². The first-order valence-corrected chi connectivity index (χ1v) is 3.43. The zero-order valence-electron chi connectivity index (χ0n) is 5.59. The van der Waals surface area contributed by atoms with E-state index in [9.17, 15) is 0 Å². The van der Waals surface area contributed by atoms with E-state index in [1.165, 1.54) is 6.42 Å². The van der Waals surface area contributed by atoms with Gasteiger partial charge in [0.05, 0.1) is 6.10 Å². The van der Waals surface area contributed by atoms with E-state index in [4.69, 9.17) is 5.11 Å². The SMILES string of the molecule is CC[C@@H](O)[C@H]1C[C@H]1C. The average molecular weight is 114 g/mol. The van der Waals surface area contributed by atoms with Crippen molar-refractivity contribution in [3.8, 4) is 0 Å². The molecule has 0 heterocycles. The lowest BCUT2D eigenvalue weighted by Crippen LogP contribution is -2.07. The van der Waals surface area contributed by atoms with Crippen LogP contribution in [0.1, 0.15) is 26.7 Å². The summed E-state index contributed by atoms with van der Waals surface area (Å²) in [5.74, 6) is 1.44. The minimum atomic E-state index is -0.00926. The average Bonchev–Trinajstić information content (AvgIpc) is 2.45. The standard InChI is InChI=1S/C7H14O/c1-3-7(8)6-4-5(6)2/h5-8H,3-4H2,1-2H3/t5-,6+,7-/m1/s1. The molecule has 0 bridgehead atoms. The maximum Gasteiger partial charge on any atom is 0.0568 e. The van der Waals surface area contributed by atoms with Crippen molar-refractivity contribution in [3.63, 3.8) is 0 Å². The topological polar surface area (TPSA) is 20.2 Å². The highest BCUT2D eigenvalue weighted by Crippen LogP contribution is 2.41.